The average molecular weight is 383 g/mol. The Morgan fingerprint density at radius 3 is 2.39 bits per heavy atom. The van der Waals surface area contributed by atoms with Crippen molar-refractivity contribution in [1.29, 1.82) is 0 Å². The Labute approximate surface area is 165 Å². The van der Waals surface area contributed by atoms with E-state index in [1.165, 1.54) is 0 Å². The molecule has 150 valence electrons. The minimum absolute atomic E-state index is 0.0107. The molecule has 1 unspecified atom stereocenters. The third-order valence-corrected chi connectivity index (χ3v) is 4.40. The minimum Gasteiger partial charge on any atom is -0.397 e. The van der Waals surface area contributed by atoms with Crippen LogP contribution in [-0.2, 0) is 0 Å². The van der Waals surface area contributed by atoms with Crippen molar-refractivity contribution in [2.75, 3.05) is 22.9 Å². The van der Waals surface area contributed by atoms with Crippen LogP contribution in [0.25, 0.3) is 11.0 Å². The zero-order valence-corrected chi connectivity index (χ0v) is 17.2. The second-order valence-corrected chi connectivity index (χ2v) is 7.74. The van der Waals surface area contributed by atoms with Crippen molar-refractivity contribution >= 4 is 34.2 Å². The molecule has 0 aliphatic heterocycles. The normalized spacial score (nSPS) is 12.7. The van der Waals surface area contributed by atoms with Crippen LogP contribution in [0.3, 0.4) is 0 Å². The molecule has 1 atom stereocenters. The number of nitrogen functional groups attached to an aromatic ring is 1. The number of hydrogen-bond donors (Lipinski definition) is 4. The molecular weight excluding hydrogens is 352 g/mol. The first kappa shape index (κ1) is 19.9. The Morgan fingerprint density at radius 1 is 1.07 bits per heavy atom. The Kier molecular flexibility index (Phi) is 5.69. The van der Waals surface area contributed by atoms with E-state index < -0.39 is 0 Å². The van der Waals surface area contributed by atoms with Gasteiger partial charge in [0.25, 0.3) is 0 Å². The summed E-state index contributed by atoms with van der Waals surface area (Å²) in [7, 11) is 0. The van der Waals surface area contributed by atoms with Crippen molar-refractivity contribution in [3.8, 4) is 0 Å². The summed E-state index contributed by atoms with van der Waals surface area (Å²) in [5, 5.41) is 11.4. The van der Waals surface area contributed by atoms with E-state index in [1.807, 2.05) is 35.9 Å². The minimum atomic E-state index is -0.0107. The summed E-state index contributed by atoms with van der Waals surface area (Å²) in [5.74, 6) is 1.42. The van der Waals surface area contributed by atoms with Gasteiger partial charge < -0.3 is 22.1 Å². The van der Waals surface area contributed by atoms with E-state index in [4.69, 9.17) is 26.5 Å². The largest absolute Gasteiger partial charge is 0.397 e. The van der Waals surface area contributed by atoms with Crippen molar-refractivity contribution in [1.82, 2.24) is 19.7 Å². The van der Waals surface area contributed by atoms with E-state index in [2.05, 4.69) is 38.3 Å². The van der Waals surface area contributed by atoms with Gasteiger partial charge in [-0.25, -0.2) is 4.98 Å². The first-order valence-corrected chi connectivity index (χ1v) is 9.69. The molecule has 8 nitrogen and oxygen atoms in total. The van der Waals surface area contributed by atoms with E-state index in [1.54, 1.807) is 0 Å². The predicted molar refractivity (Wildman–Crippen MR) is 116 cm³/mol. The number of nitrogens with two attached hydrogens (primary N) is 2. The molecule has 8 heteroatoms. The molecule has 3 rings (SSSR count). The molecule has 0 fully saturated rings. The first-order chi connectivity index (χ1) is 13.3. The number of para-hydroxylation sites is 2. The molecule has 6 N–H and O–H groups in total. The highest BCUT2D eigenvalue weighted by Crippen LogP contribution is 2.33. The number of nitrogens with one attached hydrogen (secondary N) is 2. The Bertz CT molecular complexity index is 958. The number of rotatable bonds is 7. The number of hydrogen-bond acceptors (Lipinski definition) is 7. The summed E-state index contributed by atoms with van der Waals surface area (Å²) in [5.41, 5.74) is 16.1. The number of aromatic nitrogens is 4. The lowest BCUT2D eigenvalue weighted by atomic mass is 10.1. The zero-order chi connectivity index (χ0) is 20.4. The fraction of sp³-hybridized carbons (Fsp3) is 0.450. The highest BCUT2D eigenvalue weighted by atomic mass is 15.3. The van der Waals surface area contributed by atoms with Gasteiger partial charge in [0, 0.05) is 18.6 Å². The van der Waals surface area contributed by atoms with Gasteiger partial charge in [-0.05, 0) is 38.8 Å². The van der Waals surface area contributed by atoms with Crippen LogP contribution in [0.15, 0.2) is 24.3 Å². The van der Waals surface area contributed by atoms with Crippen LogP contribution < -0.4 is 22.1 Å². The molecule has 3 aromatic rings. The van der Waals surface area contributed by atoms with Crippen molar-refractivity contribution in [3.05, 3.63) is 30.0 Å². The van der Waals surface area contributed by atoms with Crippen molar-refractivity contribution < 1.29 is 0 Å². The molecule has 0 radical (unpaired) electrons. The third-order valence-electron chi connectivity index (χ3n) is 4.40. The Balaban J connectivity index is 2.21. The van der Waals surface area contributed by atoms with Crippen LogP contribution in [0.4, 0.5) is 23.1 Å². The second-order valence-electron chi connectivity index (χ2n) is 7.74. The molecule has 2 heterocycles. The fourth-order valence-corrected chi connectivity index (χ4v) is 2.98. The van der Waals surface area contributed by atoms with E-state index in [-0.39, 0.29) is 18.0 Å². The maximum absolute atomic E-state index is 6.14. The molecule has 0 aliphatic rings. The summed E-state index contributed by atoms with van der Waals surface area (Å²) in [6, 6.07) is 7.78. The van der Waals surface area contributed by atoms with Crippen LogP contribution in [0.2, 0.25) is 0 Å². The van der Waals surface area contributed by atoms with Crippen LogP contribution in [0, 0.1) is 0 Å². The van der Waals surface area contributed by atoms with Gasteiger partial charge in [0.05, 0.1) is 17.1 Å². The summed E-state index contributed by atoms with van der Waals surface area (Å²) in [6.45, 7) is 10.9. The van der Waals surface area contributed by atoms with Crippen molar-refractivity contribution in [3.63, 3.8) is 0 Å². The van der Waals surface area contributed by atoms with Gasteiger partial charge in [0.2, 0.25) is 5.95 Å². The highest BCUT2D eigenvalue weighted by molar-refractivity contribution is 5.92. The van der Waals surface area contributed by atoms with Crippen LogP contribution in [0.1, 0.15) is 52.3 Å². The van der Waals surface area contributed by atoms with E-state index in [9.17, 15) is 0 Å². The zero-order valence-electron chi connectivity index (χ0n) is 17.2. The molecule has 0 saturated heterocycles. The monoisotopic (exact) mass is 382 g/mol. The van der Waals surface area contributed by atoms with E-state index >= 15 is 0 Å². The lowest BCUT2D eigenvalue weighted by Crippen LogP contribution is -2.26. The number of anilines is 4. The van der Waals surface area contributed by atoms with E-state index in [0.29, 0.717) is 24.0 Å². The van der Waals surface area contributed by atoms with Crippen LogP contribution in [0.5, 0.6) is 0 Å². The van der Waals surface area contributed by atoms with Gasteiger partial charge in [0.15, 0.2) is 5.82 Å². The van der Waals surface area contributed by atoms with Gasteiger partial charge in [-0.15, -0.1) is 0 Å². The highest BCUT2D eigenvalue weighted by Gasteiger charge is 2.22. The second kappa shape index (κ2) is 8.02. The number of fused-ring (bicyclic) bond motifs is 1. The van der Waals surface area contributed by atoms with Gasteiger partial charge in [-0.3, -0.25) is 4.68 Å². The lowest BCUT2D eigenvalue weighted by molar-refractivity contribution is 0.539. The summed E-state index contributed by atoms with van der Waals surface area (Å²) in [4.78, 5) is 9.48. The maximum Gasteiger partial charge on any atom is 0.225 e. The quantitative estimate of drug-likeness (QED) is 0.461. The predicted octanol–water partition coefficient (Wildman–Crippen LogP) is 3.62. The van der Waals surface area contributed by atoms with Gasteiger partial charge in [-0.1, -0.05) is 26.0 Å². The standard InChI is InChI=1S/C20H30N8/c1-11(2)16-17-18(28(27-16)12(3)4)19(24-15-9-7-6-8-14(15)22)26-20(25-17)23-10-13(5)21/h6-9,11-13H,10,21-22H2,1-5H3,(H2,23,24,25,26). The molecule has 1 aromatic carbocycles. The fourth-order valence-electron chi connectivity index (χ4n) is 2.98. The summed E-state index contributed by atoms with van der Waals surface area (Å²) < 4.78 is 1.97. The lowest BCUT2D eigenvalue weighted by Gasteiger charge is -2.15. The number of benzene rings is 1. The maximum atomic E-state index is 6.14. The van der Waals surface area contributed by atoms with Gasteiger partial charge >= 0.3 is 0 Å². The van der Waals surface area contributed by atoms with Crippen LogP contribution >= 0.6 is 0 Å². The SMILES string of the molecule is CC(N)CNc1nc(Nc2ccccc2N)c2c(n1)c(C(C)C)nn2C(C)C. The molecule has 0 spiro atoms. The summed E-state index contributed by atoms with van der Waals surface area (Å²) >= 11 is 0. The van der Waals surface area contributed by atoms with Gasteiger partial charge in [-0.2, -0.15) is 10.1 Å². The Morgan fingerprint density at radius 2 is 1.79 bits per heavy atom. The first-order valence-electron chi connectivity index (χ1n) is 9.69. The molecular formula is C20H30N8. The van der Waals surface area contributed by atoms with Gasteiger partial charge in [0.1, 0.15) is 11.0 Å². The molecule has 0 bridgehead atoms. The van der Waals surface area contributed by atoms with Crippen molar-refractivity contribution in [2.45, 2.75) is 52.6 Å². The molecule has 0 saturated carbocycles. The van der Waals surface area contributed by atoms with E-state index in [0.717, 1.165) is 22.4 Å². The third kappa shape index (κ3) is 4.01. The Hall–Kier alpha value is -2.87. The average Bonchev–Trinajstić information content (AvgIpc) is 3.02. The van der Waals surface area contributed by atoms with Crippen molar-refractivity contribution in [2.24, 2.45) is 5.73 Å². The molecule has 0 aliphatic carbocycles. The molecule has 28 heavy (non-hydrogen) atoms. The smallest absolute Gasteiger partial charge is 0.225 e. The number of nitrogens with zero attached hydrogens (tertiary/aromatic N) is 4. The van der Waals surface area contributed by atoms with Crippen LogP contribution in [-0.4, -0.2) is 32.3 Å². The molecule has 2 aromatic heterocycles. The summed E-state index contributed by atoms with van der Waals surface area (Å²) in [6.07, 6.45) is 0. The topological polar surface area (TPSA) is 120 Å². The molecule has 0 amide bonds.